The van der Waals surface area contributed by atoms with Crippen LogP contribution in [0.15, 0.2) is 12.4 Å². The summed E-state index contributed by atoms with van der Waals surface area (Å²) in [4.78, 5) is 0. The van der Waals surface area contributed by atoms with E-state index in [1.165, 1.54) is 6.42 Å². The fourth-order valence-electron chi connectivity index (χ4n) is 1.55. The maximum atomic E-state index is 8.86. The maximum absolute atomic E-state index is 8.86. The van der Waals surface area contributed by atoms with Crippen LogP contribution >= 0.6 is 0 Å². The molecule has 13 heavy (non-hydrogen) atoms. The molecule has 2 rings (SSSR count). The molecule has 0 aromatic carbocycles. The first-order valence-corrected chi connectivity index (χ1v) is 4.65. The number of aliphatic hydroxyl groups excluding tert-OH is 1. The maximum Gasteiger partial charge on any atom is 0.150 e. The largest absolute Gasteiger partial charge is 0.392 e. The topological polar surface area (TPSA) is 47.3 Å². The van der Waals surface area contributed by atoms with Crippen LogP contribution in [0.25, 0.3) is 0 Å². The van der Waals surface area contributed by atoms with Crippen molar-refractivity contribution in [2.24, 2.45) is 0 Å². The zero-order chi connectivity index (χ0) is 9.10. The smallest absolute Gasteiger partial charge is 0.150 e. The molecule has 1 unspecified atom stereocenters. The highest BCUT2D eigenvalue weighted by Crippen LogP contribution is 2.21. The standard InChI is InChI=1S/C9H14N2O2/c12-7-8-5-10-11(6-8)9-3-1-2-4-13-9/h5-6,9,12H,1-4,7H2. The fraction of sp³-hybridized carbons (Fsp3) is 0.667. The Balaban J connectivity index is 2.05. The summed E-state index contributed by atoms with van der Waals surface area (Å²) in [5, 5.41) is 13.0. The molecule has 0 amide bonds. The highest BCUT2D eigenvalue weighted by atomic mass is 16.5. The second-order valence-electron chi connectivity index (χ2n) is 3.31. The molecule has 0 bridgehead atoms. The van der Waals surface area contributed by atoms with Crippen LogP contribution < -0.4 is 0 Å². The van der Waals surface area contributed by atoms with Crippen molar-refractivity contribution >= 4 is 0 Å². The van der Waals surface area contributed by atoms with Gasteiger partial charge in [-0.2, -0.15) is 5.10 Å². The molecule has 0 spiro atoms. The van der Waals surface area contributed by atoms with Crippen LogP contribution in [0.3, 0.4) is 0 Å². The molecule has 1 aliphatic rings. The molecule has 72 valence electrons. The van der Waals surface area contributed by atoms with Gasteiger partial charge in [-0.25, -0.2) is 4.68 Å². The van der Waals surface area contributed by atoms with E-state index in [9.17, 15) is 0 Å². The van der Waals surface area contributed by atoms with E-state index in [1.807, 2.05) is 6.20 Å². The average Bonchev–Trinajstić information content (AvgIpc) is 2.67. The molecule has 1 N–H and O–H groups in total. The molecule has 4 heteroatoms. The molecule has 0 aliphatic carbocycles. The Morgan fingerprint density at radius 2 is 2.54 bits per heavy atom. The van der Waals surface area contributed by atoms with Crippen molar-refractivity contribution in [2.45, 2.75) is 32.1 Å². The summed E-state index contributed by atoms with van der Waals surface area (Å²) >= 11 is 0. The molecule has 1 atom stereocenters. The summed E-state index contributed by atoms with van der Waals surface area (Å²) in [6.45, 7) is 0.867. The quantitative estimate of drug-likeness (QED) is 0.744. The van der Waals surface area contributed by atoms with Crippen molar-refractivity contribution in [1.82, 2.24) is 9.78 Å². The minimum atomic E-state index is 0.0483. The number of rotatable bonds is 2. The monoisotopic (exact) mass is 182 g/mol. The zero-order valence-corrected chi connectivity index (χ0v) is 7.52. The summed E-state index contributed by atoms with van der Waals surface area (Å²) in [5.41, 5.74) is 0.842. The Morgan fingerprint density at radius 1 is 1.62 bits per heavy atom. The van der Waals surface area contributed by atoms with Gasteiger partial charge in [-0.15, -0.1) is 0 Å². The first-order chi connectivity index (χ1) is 6.40. The van der Waals surface area contributed by atoms with E-state index in [1.54, 1.807) is 10.9 Å². The highest BCUT2D eigenvalue weighted by molar-refractivity contribution is 5.01. The van der Waals surface area contributed by atoms with Gasteiger partial charge >= 0.3 is 0 Å². The molecular weight excluding hydrogens is 168 g/mol. The van der Waals surface area contributed by atoms with Crippen molar-refractivity contribution in [1.29, 1.82) is 0 Å². The van der Waals surface area contributed by atoms with Crippen molar-refractivity contribution < 1.29 is 9.84 Å². The SMILES string of the molecule is OCc1cnn(C2CCCCO2)c1. The summed E-state index contributed by atoms with van der Waals surface area (Å²) in [6.07, 6.45) is 6.96. The molecule has 1 aromatic heterocycles. The number of aromatic nitrogens is 2. The van der Waals surface area contributed by atoms with Crippen LogP contribution in [-0.4, -0.2) is 21.5 Å². The van der Waals surface area contributed by atoms with E-state index < -0.39 is 0 Å². The Hall–Kier alpha value is -0.870. The molecule has 1 aromatic rings. The van der Waals surface area contributed by atoms with Crippen LogP contribution in [0, 0.1) is 0 Å². The summed E-state index contributed by atoms with van der Waals surface area (Å²) in [5.74, 6) is 0. The molecular formula is C9H14N2O2. The fourth-order valence-corrected chi connectivity index (χ4v) is 1.55. The first-order valence-electron chi connectivity index (χ1n) is 4.65. The molecule has 1 fully saturated rings. The summed E-state index contributed by atoms with van der Waals surface area (Å²) in [7, 11) is 0. The van der Waals surface area contributed by atoms with Gasteiger partial charge in [0.05, 0.1) is 12.8 Å². The lowest BCUT2D eigenvalue weighted by Crippen LogP contribution is -2.18. The summed E-state index contributed by atoms with van der Waals surface area (Å²) < 4.78 is 7.34. The normalized spacial score (nSPS) is 23.3. The van der Waals surface area contributed by atoms with E-state index in [2.05, 4.69) is 5.10 Å². The van der Waals surface area contributed by atoms with Crippen LogP contribution in [0.4, 0.5) is 0 Å². The van der Waals surface area contributed by atoms with Crippen molar-refractivity contribution in [3.05, 3.63) is 18.0 Å². The Labute approximate surface area is 77.1 Å². The van der Waals surface area contributed by atoms with Crippen LogP contribution in [0.1, 0.15) is 31.1 Å². The lowest BCUT2D eigenvalue weighted by molar-refractivity contribution is -0.0395. The number of nitrogens with zero attached hydrogens (tertiary/aromatic N) is 2. The Bertz CT molecular complexity index is 266. The number of aliphatic hydroxyl groups is 1. The average molecular weight is 182 g/mol. The van der Waals surface area contributed by atoms with Crippen LogP contribution in [0.2, 0.25) is 0 Å². The number of hydrogen-bond acceptors (Lipinski definition) is 3. The predicted octanol–water partition coefficient (Wildman–Crippen LogP) is 1.07. The first kappa shape index (κ1) is 8.72. The van der Waals surface area contributed by atoms with E-state index in [0.29, 0.717) is 0 Å². The van der Waals surface area contributed by atoms with Gasteiger partial charge in [-0.1, -0.05) is 0 Å². The van der Waals surface area contributed by atoms with Crippen LogP contribution in [-0.2, 0) is 11.3 Å². The van der Waals surface area contributed by atoms with Gasteiger partial charge in [0.25, 0.3) is 0 Å². The number of ether oxygens (including phenoxy) is 1. The van der Waals surface area contributed by atoms with Gasteiger partial charge < -0.3 is 9.84 Å². The third-order valence-electron chi connectivity index (χ3n) is 2.29. The second-order valence-corrected chi connectivity index (χ2v) is 3.31. The lowest BCUT2D eigenvalue weighted by atomic mass is 10.2. The minimum absolute atomic E-state index is 0.0483. The second kappa shape index (κ2) is 3.89. The van der Waals surface area contributed by atoms with Gasteiger partial charge in [0.2, 0.25) is 0 Å². The van der Waals surface area contributed by atoms with Gasteiger partial charge in [0.15, 0.2) is 0 Å². The van der Waals surface area contributed by atoms with Gasteiger partial charge in [0, 0.05) is 18.4 Å². The van der Waals surface area contributed by atoms with Crippen LogP contribution in [0.5, 0.6) is 0 Å². The van der Waals surface area contributed by atoms with Gasteiger partial charge in [0.1, 0.15) is 6.23 Å². The molecule has 1 aliphatic heterocycles. The molecule has 0 saturated carbocycles. The molecule has 4 nitrogen and oxygen atoms in total. The molecule has 2 heterocycles. The predicted molar refractivity (Wildman–Crippen MR) is 47.0 cm³/mol. The van der Waals surface area contributed by atoms with Crippen molar-refractivity contribution in [2.75, 3.05) is 6.61 Å². The minimum Gasteiger partial charge on any atom is -0.392 e. The van der Waals surface area contributed by atoms with Gasteiger partial charge in [-0.3, -0.25) is 0 Å². The highest BCUT2D eigenvalue weighted by Gasteiger charge is 2.15. The third-order valence-corrected chi connectivity index (χ3v) is 2.29. The van der Waals surface area contributed by atoms with Crippen molar-refractivity contribution in [3.8, 4) is 0 Å². The molecule has 0 radical (unpaired) electrons. The van der Waals surface area contributed by atoms with E-state index in [-0.39, 0.29) is 12.8 Å². The summed E-state index contributed by atoms with van der Waals surface area (Å²) in [6, 6.07) is 0. The number of hydrogen-bond donors (Lipinski definition) is 1. The third kappa shape index (κ3) is 1.89. The van der Waals surface area contributed by atoms with E-state index in [0.717, 1.165) is 25.0 Å². The van der Waals surface area contributed by atoms with Crippen molar-refractivity contribution in [3.63, 3.8) is 0 Å². The van der Waals surface area contributed by atoms with E-state index in [4.69, 9.17) is 9.84 Å². The Morgan fingerprint density at radius 3 is 3.15 bits per heavy atom. The van der Waals surface area contributed by atoms with Gasteiger partial charge in [-0.05, 0) is 19.3 Å². The van der Waals surface area contributed by atoms with E-state index >= 15 is 0 Å². The zero-order valence-electron chi connectivity index (χ0n) is 7.52. The Kier molecular flexibility index (Phi) is 2.61. The lowest BCUT2D eigenvalue weighted by Gasteiger charge is -2.22. The molecule has 1 saturated heterocycles.